The van der Waals surface area contributed by atoms with Crippen LogP contribution in [0.15, 0.2) is 43.5 Å². The second kappa shape index (κ2) is 11.5. The molecule has 144 valence electrons. The van der Waals surface area contributed by atoms with Crippen LogP contribution in [0, 0.1) is 0 Å². The molecule has 1 atom stereocenters. The molecule has 0 bridgehead atoms. The Balaban J connectivity index is 0.00000176. The van der Waals surface area contributed by atoms with Gasteiger partial charge in [0.25, 0.3) is 0 Å². The molecule has 0 spiro atoms. The van der Waals surface area contributed by atoms with Gasteiger partial charge in [0, 0.05) is 21.7 Å². The van der Waals surface area contributed by atoms with Crippen LogP contribution in [0.25, 0.3) is 23.4 Å². The molecule has 0 aliphatic heterocycles. The first kappa shape index (κ1) is 22.8. The van der Waals surface area contributed by atoms with Gasteiger partial charge >= 0.3 is 0 Å². The lowest BCUT2D eigenvalue weighted by atomic mass is 9.94. The maximum atomic E-state index is 13.1. The minimum Gasteiger partial charge on any atom is -0.307 e. The molecule has 1 unspecified atom stereocenters. The van der Waals surface area contributed by atoms with E-state index >= 15 is 0 Å². The van der Waals surface area contributed by atoms with Crippen molar-refractivity contribution in [3.63, 3.8) is 0 Å². The molecule has 2 aromatic rings. The van der Waals surface area contributed by atoms with Crippen LogP contribution in [-0.2, 0) is 0 Å². The molecule has 1 heterocycles. The smallest absolute Gasteiger partial charge is 0.180 e. The van der Waals surface area contributed by atoms with E-state index in [0.717, 1.165) is 12.1 Å². The summed E-state index contributed by atoms with van der Waals surface area (Å²) in [6, 6.07) is 8.99. The molecule has 1 N–H and O–H groups in total. The Bertz CT molecular complexity index is 782. The van der Waals surface area contributed by atoms with Gasteiger partial charge in [-0.3, -0.25) is 4.79 Å². The highest BCUT2D eigenvalue weighted by Gasteiger charge is 2.22. The summed E-state index contributed by atoms with van der Waals surface area (Å²) in [5, 5.41) is 3.90. The molecule has 0 aliphatic carbocycles. The molecule has 1 aromatic carbocycles. The predicted octanol–water partition coefficient (Wildman–Crippen LogP) is 6.29. The van der Waals surface area contributed by atoms with Crippen molar-refractivity contribution in [1.82, 2.24) is 10.3 Å². The Morgan fingerprint density at radius 2 is 1.81 bits per heavy atom. The summed E-state index contributed by atoms with van der Waals surface area (Å²) in [6.07, 6.45) is 4.04. The van der Waals surface area contributed by atoms with Gasteiger partial charge in [0.05, 0.1) is 17.4 Å². The van der Waals surface area contributed by atoms with Gasteiger partial charge in [-0.25, -0.2) is 4.98 Å². The fourth-order valence-corrected chi connectivity index (χ4v) is 2.90. The van der Waals surface area contributed by atoms with Gasteiger partial charge in [-0.15, -0.1) is 0 Å². The van der Waals surface area contributed by atoms with Crippen molar-refractivity contribution in [1.29, 1.82) is 0 Å². The fraction of sp³-hybridized carbons (Fsp3) is 0.304. The van der Waals surface area contributed by atoms with Crippen LogP contribution >= 0.6 is 11.6 Å². The average molecular weight is 385 g/mol. The van der Waals surface area contributed by atoms with Gasteiger partial charge < -0.3 is 5.32 Å². The van der Waals surface area contributed by atoms with Crippen LogP contribution in [0.3, 0.4) is 0 Å². The number of carbonyl (C=O) groups excluding carboxylic acids is 1. The Morgan fingerprint density at radius 3 is 2.30 bits per heavy atom. The maximum Gasteiger partial charge on any atom is 0.180 e. The second-order valence-electron chi connectivity index (χ2n) is 5.65. The highest BCUT2D eigenvalue weighted by atomic mass is 35.5. The quantitative estimate of drug-likeness (QED) is 0.544. The normalized spacial score (nSPS) is 11.1. The van der Waals surface area contributed by atoms with E-state index in [0.29, 0.717) is 34.0 Å². The molecular weight excluding hydrogens is 356 g/mol. The van der Waals surface area contributed by atoms with E-state index in [9.17, 15) is 4.79 Å². The number of Topliss-reactive ketones (excluding diaryl/α,β-unsaturated/α-hetero) is 1. The Labute approximate surface area is 168 Å². The summed E-state index contributed by atoms with van der Waals surface area (Å²) >= 11 is 5.97. The summed E-state index contributed by atoms with van der Waals surface area (Å²) < 4.78 is 0. The molecule has 3 nitrogen and oxygen atoms in total. The van der Waals surface area contributed by atoms with Crippen molar-refractivity contribution in [3.8, 4) is 11.3 Å². The number of hydrogen-bond acceptors (Lipinski definition) is 3. The molecule has 27 heavy (non-hydrogen) atoms. The van der Waals surface area contributed by atoms with E-state index in [1.54, 1.807) is 12.2 Å². The summed E-state index contributed by atoms with van der Waals surface area (Å²) in [5.74, 6) is 0.0416. The molecule has 0 saturated heterocycles. The Kier molecular flexibility index (Phi) is 9.70. The molecule has 4 heteroatoms. The molecule has 0 fully saturated rings. The van der Waals surface area contributed by atoms with Gasteiger partial charge in [0.2, 0.25) is 0 Å². The lowest BCUT2D eigenvalue weighted by molar-refractivity contribution is 0.0941. The van der Waals surface area contributed by atoms with Crippen LogP contribution in [0.4, 0.5) is 0 Å². The topological polar surface area (TPSA) is 42.0 Å². The Hall–Kier alpha value is -2.23. The van der Waals surface area contributed by atoms with Crippen molar-refractivity contribution in [2.24, 2.45) is 0 Å². The number of ketones is 1. The molecular formula is C23H29ClN2O. The minimum atomic E-state index is -0.234. The molecule has 0 amide bonds. The number of rotatable bonds is 8. The van der Waals surface area contributed by atoms with Crippen molar-refractivity contribution in [2.45, 2.75) is 40.2 Å². The van der Waals surface area contributed by atoms with Crippen molar-refractivity contribution in [3.05, 3.63) is 65.3 Å². The van der Waals surface area contributed by atoms with E-state index in [-0.39, 0.29) is 11.8 Å². The molecule has 0 radical (unpaired) electrons. The highest BCUT2D eigenvalue weighted by molar-refractivity contribution is 6.30. The monoisotopic (exact) mass is 384 g/mol. The third-order valence-electron chi connectivity index (χ3n) is 4.07. The van der Waals surface area contributed by atoms with Crippen LogP contribution < -0.4 is 5.32 Å². The standard InChI is InChI=1S/C21H23ClN2O.C2H6/c1-5-16-17(21(25)19(7-3)23-8-4)13-20(24-18(16)6-2)14-9-11-15(22)12-10-14;1-2/h5-6,9-13,19,23H,1-2,7-8H2,3-4H3;1-2H3. The third kappa shape index (κ3) is 5.62. The number of nitrogens with zero attached hydrogens (tertiary/aromatic N) is 1. The van der Waals surface area contributed by atoms with Gasteiger partial charge in [-0.1, -0.05) is 70.7 Å². The number of pyridine rings is 1. The summed E-state index contributed by atoms with van der Waals surface area (Å²) in [5.41, 5.74) is 3.59. The molecule has 0 saturated carbocycles. The Morgan fingerprint density at radius 1 is 1.19 bits per heavy atom. The zero-order valence-corrected chi connectivity index (χ0v) is 17.4. The van der Waals surface area contributed by atoms with Gasteiger partial charge in [-0.2, -0.15) is 0 Å². The first-order valence-corrected chi connectivity index (χ1v) is 9.76. The maximum absolute atomic E-state index is 13.1. The lowest BCUT2D eigenvalue weighted by Crippen LogP contribution is -2.36. The minimum absolute atomic E-state index is 0.0416. The highest BCUT2D eigenvalue weighted by Crippen LogP contribution is 2.26. The molecule has 2 rings (SSSR count). The van der Waals surface area contributed by atoms with E-state index in [1.807, 2.05) is 58.0 Å². The number of likely N-dealkylation sites (N-methyl/N-ethyl adjacent to an activating group) is 1. The number of nitrogens with one attached hydrogen (secondary N) is 1. The van der Waals surface area contributed by atoms with E-state index in [1.165, 1.54) is 0 Å². The van der Waals surface area contributed by atoms with Crippen molar-refractivity contribution in [2.75, 3.05) is 6.54 Å². The molecule has 0 aliphatic rings. The van der Waals surface area contributed by atoms with Crippen LogP contribution in [0.5, 0.6) is 0 Å². The largest absolute Gasteiger partial charge is 0.307 e. The predicted molar refractivity (Wildman–Crippen MR) is 118 cm³/mol. The number of aromatic nitrogens is 1. The van der Waals surface area contributed by atoms with Crippen LogP contribution in [0.2, 0.25) is 5.02 Å². The van der Waals surface area contributed by atoms with Gasteiger partial charge in [0.15, 0.2) is 5.78 Å². The first-order chi connectivity index (χ1) is 13.0. The zero-order valence-electron chi connectivity index (χ0n) is 16.7. The van der Waals surface area contributed by atoms with Gasteiger partial charge in [-0.05, 0) is 37.2 Å². The second-order valence-corrected chi connectivity index (χ2v) is 6.09. The lowest BCUT2D eigenvalue weighted by Gasteiger charge is -2.18. The zero-order chi connectivity index (χ0) is 20.4. The summed E-state index contributed by atoms with van der Waals surface area (Å²) in [7, 11) is 0. The fourth-order valence-electron chi connectivity index (χ4n) is 2.77. The van der Waals surface area contributed by atoms with E-state index < -0.39 is 0 Å². The van der Waals surface area contributed by atoms with Crippen molar-refractivity contribution >= 4 is 29.5 Å². The number of benzene rings is 1. The first-order valence-electron chi connectivity index (χ1n) is 9.39. The summed E-state index contributed by atoms with van der Waals surface area (Å²) in [6.45, 7) is 16.4. The van der Waals surface area contributed by atoms with Gasteiger partial charge in [0.1, 0.15) is 0 Å². The SMILES string of the molecule is C=Cc1nc(-c2ccc(Cl)cc2)cc(C(=O)C(CC)NCC)c1C=C.CC. The van der Waals surface area contributed by atoms with Crippen molar-refractivity contribution < 1.29 is 4.79 Å². The average Bonchev–Trinajstić information content (AvgIpc) is 2.72. The number of hydrogen-bond donors (Lipinski definition) is 1. The number of halogens is 1. The van der Waals surface area contributed by atoms with Crippen LogP contribution in [0.1, 0.15) is 55.7 Å². The van der Waals surface area contributed by atoms with Crippen LogP contribution in [-0.4, -0.2) is 23.4 Å². The van der Waals surface area contributed by atoms with E-state index in [2.05, 4.69) is 23.5 Å². The number of carbonyl (C=O) groups is 1. The molecule has 1 aromatic heterocycles. The third-order valence-corrected chi connectivity index (χ3v) is 4.32. The van der Waals surface area contributed by atoms with E-state index in [4.69, 9.17) is 11.6 Å². The summed E-state index contributed by atoms with van der Waals surface area (Å²) in [4.78, 5) is 17.7.